The number of nitrogen functional groups attached to an aromatic ring is 1. The van der Waals surface area contributed by atoms with Gasteiger partial charge in [0, 0.05) is 11.6 Å². The zero-order valence-electron chi connectivity index (χ0n) is 11.0. The summed E-state index contributed by atoms with van der Waals surface area (Å²) >= 11 is 0. The molecule has 1 heterocycles. The minimum absolute atomic E-state index is 0.695. The third kappa shape index (κ3) is 2.92. The van der Waals surface area contributed by atoms with Crippen LogP contribution in [0.15, 0.2) is 30.5 Å². The Kier molecular flexibility index (Phi) is 4.03. The summed E-state index contributed by atoms with van der Waals surface area (Å²) in [4.78, 5) is 4.29. The van der Waals surface area contributed by atoms with Crippen LogP contribution in [0.4, 0.5) is 5.69 Å². The van der Waals surface area contributed by atoms with Crippen LogP contribution in [-0.2, 0) is 0 Å². The van der Waals surface area contributed by atoms with E-state index in [2.05, 4.69) is 18.8 Å². The Balaban J connectivity index is 2.11. The van der Waals surface area contributed by atoms with E-state index in [-0.39, 0.29) is 0 Å². The third-order valence-electron chi connectivity index (χ3n) is 2.95. The molecule has 0 aliphatic carbocycles. The summed E-state index contributed by atoms with van der Waals surface area (Å²) in [6.45, 7) is 5.19. The molecule has 0 bridgehead atoms. The van der Waals surface area contributed by atoms with Crippen molar-refractivity contribution in [1.29, 1.82) is 0 Å². The van der Waals surface area contributed by atoms with Crippen molar-refractivity contribution >= 4 is 16.6 Å². The van der Waals surface area contributed by atoms with Crippen molar-refractivity contribution in [2.75, 3.05) is 12.3 Å². The molecule has 18 heavy (non-hydrogen) atoms. The largest absolute Gasteiger partial charge is 0.493 e. The van der Waals surface area contributed by atoms with Gasteiger partial charge in [-0.15, -0.1) is 0 Å². The second-order valence-corrected chi connectivity index (χ2v) is 4.94. The lowest BCUT2D eigenvalue weighted by Gasteiger charge is -2.10. The van der Waals surface area contributed by atoms with E-state index in [1.54, 1.807) is 6.20 Å². The first-order valence-electron chi connectivity index (χ1n) is 6.44. The van der Waals surface area contributed by atoms with Gasteiger partial charge in [0.05, 0.1) is 17.8 Å². The Morgan fingerprint density at radius 3 is 2.89 bits per heavy atom. The molecule has 2 rings (SSSR count). The number of ether oxygens (including phenoxy) is 1. The zero-order chi connectivity index (χ0) is 13.0. The second-order valence-electron chi connectivity index (χ2n) is 4.94. The smallest absolute Gasteiger partial charge is 0.130 e. The highest BCUT2D eigenvalue weighted by Gasteiger charge is 2.05. The van der Waals surface area contributed by atoms with E-state index in [0.29, 0.717) is 5.69 Å². The van der Waals surface area contributed by atoms with Crippen LogP contribution in [0.1, 0.15) is 26.7 Å². The van der Waals surface area contributed by atoms with Gasteiger partial charge < -0.3 is 10.5 Å². The van der Waals surface area contributed by atoms with Crippen molar-refractivity contribution in [2.24, 2.45) is 5.92 Å². The van der Waals surface area contributed by atoms with Crippen LogP contribution in [-0.4, -0.2) is 11.6 Å². The van der Waals surface area contributed by atoms with Crippen molar-refractivity contribution in [3.8, 4) is 5.75 Å². The summed E-state index contributed by atoms with van der Waals surface area (Å²) in [5.74, 6) is 1.59. The fourth-order valence-electron chi connectivity index (χ4n) is 1.97. The van der Waals surface area contributed by atoms with Crippen LogP contribution in [0.3, 0.4) is 0 Å². The molecule has 3 heteroatoms. The van der Waals surface area contributed by atoms with Gasteiger partial charge in [0.25, 0.3) is 0 Å². The molecule has 0 amide bonds. The Hall–Kier alpha value is -1.77. The van der Waals surface area contributed by atoms with Gasteiger partial charge in [0.1, 0.15) is 5.75 Å². The summed E-state index contributed by atoms with van der Waals surface area (Å²) in [6.07, 6.45) is 4.01. The molecule has 3 nitrogen and oxygen atoms in total. The maximum absolute atomic E-state index is 5.90. The Labute approximate surface area is 108 Å². The molecule has 1 aromatic heterocycles. The number of hydrogen-bond donors (Lipinski definition) is 1. The number of aromatic nitrogens is 1. The van der Waals surface area contributed by atoms with Gasteiger partial charge in [0.2, 0.25) is 0 Å². The predicted octanol–water partition coefficient (Wildman–Crippen LogP) is 3.63. The standard InChI is InChI=1S/C15H20N2O/c1-11(2)5-4-10-18-14-8-9-17-15-12(14)6-3-7-13(15)16/h3,6-9,11H,4-5,10,16H2,1-2H3. The first-order chi connectivity index (χ1) is 8.68. The lowest BCUT2D eigenvalue weighted by molar-refractivity contribution is 0.301. The molecular formula is C15H20N2O. The van der Waals surface area contributed by atoms with E-state index in [4.69, 9.17) is 10.5 Å². The summed E-state index contributed by atoms with van der Waals surface area (Å²) in [7, 11) is 0. The van der Waals surface area contributed by atoms with Crippen LogP contribution in [0.25, 0.3) is 10.9 Å². The highest BCUT2D eigenvalue weighted by molar-refractivity contribution is 5.93. The van der Waals surface area contributed by atoms with Gasteiger partial charge in [-0.2, -0.15) is 0 Å². The molecular weight excluding hydrogens is 224 g/mol. The lowest BCUT2D eigenvalue weighted by atomic mass is 10.1. The van der Waals surface area contributed by atoms with Crippen molar-refractivity contribution in [3.05, 3.63) is 30.5 Å². The van der Waals surface area contributed by atoms with Crippen molar-refractivity contribution in [1.82, 2.24) is 4.98 Å². The fraction of sp³-hybridized carbons (Fsp3) is 0.400. The summed E-state index contributed by atoms with van der Waals surface area (Å²) < 4.78 is 5.83. The molecule has 0 atom stereocenters. The number of hydrogen-bond acceptors (Lipinski definition) is 3. The monoisotopic (exact) mass is 244 g/mol. The number of nitrogens with two attached hydrogens (primary N) is 1. The van der Waals surface area contributed by atoms with Crippen LogP contribution < -0.4 is 10.5 Å². The summed E-state index contributed by atoms with van der Waals surface area (Å²) in [5.41, 5.74) is 7.41. The van der Waals surface area contributed by atoms with E-state index in [1.807, 2.05) is 24.3 Å². The molecule has 2 aromatic rings. The molecule has 0 fully saturated rings. The molecule has 0 aliphatic heterocycles. The first-order valence-corrected chi connectivity index (χ1v) is 6.44. The summed E-state index contributed by atoms with van der Waals surface area (Å²) in [6, 6.07) is 7.69. The van der Waals surface area contributed by atoms with E-state index < -0.39 is 0 Å². The Morgan fingerprint density at radius 2 is 2.11 bits per heavy atom. The number of fused-ring (bicyclic) bond motifs is 1. The fourth-order valence-corrected chi connectivity index (χ4v) is 1.97. The van der Waals surface area contributed by atoms with Gasteiger partial charge in [-0.05, 0) is 37.0 Å². The zero-order valence-corrected chi connectivity index (χ0v) is 11.0. The number of pyridine rings is 1. The number of para-hydroxylation sites is 1. The van der Waals surface area contributed by atoms with E-state index in [1.165, 1.54) is 6.42 Å². The van der Waals surface area contributed by atoms with E-state index in [0.717, 1.165) is 35.6 Å². The molecule has 1 aromatic carbocycles. The molecule has 0 unspecified atom stereocenters. The summed E-state index contributed by atoms with van der Waals surface area (Å²) in [5, 5.41) is 0.988. The minimum atomic E-state index is 0.695. The normalized spacial score (nSPS) is 11.1. The average molecular weight is 244 g/mol. The van der Waals surface area contributed by atoms with Crippen molar-refractivity contribution < 1.29 is 4.74 Å². The Bertz CT molecular complexity index is 523. The van der Waals surface area contributed by atoms with Crippen molar-refractivity contribution in [3.63, 3.8) is 0 Å². The SMILES string of the molecule is CC(C)CCCOc1ccnc2c(N)cccc12. The van der Waals surface area contributed by atoms with Crippen LogP contribution in [0.2, 0.25) is 0 Å². The quantitative estimate of drug-likeness (QED) is 0.645. The lowest BCUT2D eigenvalue weighted by Crippen LogP contribution is -2.00. The van der Waals surface area contributed by atoms with Gasteiger partial charge in [-0.3, -0.25) is 4.98 Å². The highest BCUT2D eigenvalue weighted by atomic mass is 16.5. The van der Waals surface area contributed by atoms with E-state index in [9.17, 15) is 0 Å². The average Bonchev–Trinajstić information content (AvgIpc) is 2.35. The number of benzene rings is 1. The number of nitrogens with zero attached hydrogens (tertiary/aromatic N) is 1. The van der Waals surface area contributed by atoms with Crippen LogP contribution in [0, 0.1) is 5.92 Å². The molecule has 0 saturated carbocycles. The minimum Gasteiger partial charge on any atom is -0.493 e. The molecule has 0 saturated heterocycles. The maximum Gasteiger partial charge on any atom is 0.130 e. The maximum atomic E-state index is 5.90. The highest BCUT2D eigenvalue weighted by Crippen LogP contribution is 2.27. The topological polar surface area (TPSA) is 48.1 Å². The first kappa shape index (κ1) is 12.7. The molecule has 0 radical (unpaired) electrons. The van der Waals surface area contributed by atoms with Gasteiger partial charge in [-0.1, -0.05) is 19.9 Å². The van der Waals surface area contributed by atoms with Gasteiger partial charge in [0.15, 0.2) is 0 Å². The van der Waals surface area contributed by atoms with Crippen molar-refractivity contribution in [2.45, 2.75) is 26.7 Å². The molecule has 96 valence electrons. The second kappa shape index (κ2) is 5.71. The molecule has 0 aliphatic rings. The van der Waals surface area contributed by atoms with Crippen LogP contribution >= 0.6 is 0 Å². The van der Waals surface area contributed by atoms with Crippen LogP contribution in [0.5, 0.6) is 5.75 Å². The number of rotatable bonds is 5. The predicted molar refractivity (Wildman–Crippen MR) is 75.7 cm³/mol. The number of anilines is 1. The molecule has 2 N–H and O–H groups in total. The Morgan fingerprint density at radius 1 is 1.28 bits per heavy atom. The molecule has 0 spiro atoms. The third-order valence-corrected chi connectivity index (χ3v) is 2.95. The van der Waals surface area contributed by atoms with Gasteiger partial charge >= 0.3 is 0 Å². The van der Waals surface area contributed by atoms with E-state index >= 15 is 0 Å². The van der Waals surface area contributed by atoms with Gasteiger partial charge in [-0.25, -0.2) is 0 Å².